The predicted octanol–water partition coefficient (Wildman–Crippen LogP) is 2.86. The van der Waals surface area contributed by atoms with Gasteiger partial charge in [0.25, 0.3) is 0 Å². The second kappa shape index (κ2) is 6.13. The second-order valence-corrected chi connectivity index (χ2v) is 5.46. The summed E-state index contributed by atoms with van der Waals surface area (Å²) in [5.74, 6) is -2.66. The molecule has 1 amide bonds. The number of nitriles is 2. The van der Waals surface area contributed by atoms with Crippen LogP contribution in [0.5, 0.6) is 0 Å². The number of halogens is 2. The van der Waals surface area contributed by atoms with Gasteiger partial charge < -0.3 is 0 Å². The first-order chi connectivity index (χ1) is 9.99. The Morgan fingerprint density at radius 2 is 1.95 bits per heavy atom. The number of hydrogen-bond donors (Lipinski definition) is 1. The number of benzene rings is 1. The number of carbonyl (C=O) groups excluding carboxylic acids is 1. The molecule has 21 heavy (non-hydrogen) atoms. The van der Waals surface area contributed by atoms with Gasteiger partial charge in [-0.15, -0.1) is 0 Å². The van der Waals surface area contributed by atoms with Crippen LogP contribution in [-0.4, -0.2) is 11.6 Å². The van der Waals surface area contributed by atoms with Crippen molar-refractivity contribution in [2.24, 2.45) is 16.9 Å². The first kappa shape index (κ1) is 15.3. The Kier molecular flexibility index (Phi) is 4.47. The summed E-state index contributed by atoms with van der Waals surface area (Å²) in [5.41, 5.74) is 3.51. The Labute approximate surface area is 131 Å². The molecule has 0 saturated carbocycles. The molecule has 1 aromatic carbocycles. The van der Waals surface area contributed by atoms with Gasteiger partial charge in [0.2, 0.25) is 5.91 Å². The van der Waals surface area contributed by atoms with Gasteiger partial charge in [-0.25, -0.2) is 5.43 Å². The van der Waals surface area contributed by atoms with Crippen molar-refractivity contribution in [2.75, 3.05) is 0 Å². The third-order valence-corrected chi connectivity index (χ3v) is 4.14. The van der Waals surface area contributed by atoms with Gasteiger partial charge in [0.15, 0.2) is 0 Å². The van der Waals surface area contributed by atoms with Crippen molar-refractivity contribution in [3.63, 3.8) is 0 Å². The maximum absolute atomic E-state index is 12.0. The molecular formula is C14H10Cl2N4O. The van der Waals surface area contributed by atoms with Crippen molar-refractivity contribution in [1.29, 1.82) is 10.5 Å². The van der Waals surface area contributed by atoms with Gasteiger partial charge in [-0.05, 0) is 24.6 Å². The molecule has 0 saturated heterocycles. The fourth-order valence-electron chi connectivity index (χ4n) is 2.38. The molecule has 5 nitrogen and oxygen atoms in total. The smallest absolute Gasteiger partial charge is 0.249 e. The van der Waals surface area contributed by atoms with E-state index in [2.05, 4.69) is 10.5 Å². The number of nitrogens with zero attached hydrogens (tertiary/aromatic N) is 3. The molecule has 1 aromatic rings. The van der Waals surface area contributed by atoms with Gasteiger partial charge in [0, 0.05) is 11.6 Å². The zero-order valence-electron chi connectivity index (χ0n) is 11.0. The number of rotatable bonds is 3. The molecule has 7 heteroatoms. The Morgan fingerprint density at radius 1 is 1.29 bits per heavy atom. The summed E-state index contributed by atoms with van der Waals surface area (Å²) in [5, 5.41) is 23.0. The molecule has 0 aliphatic carbocycles. The molecule has 0 bridgehead atoms. The summed E-state index contributed by atoms with van der Waals surface area (Å²) < 4.78 is 0. The lowest BCUT2D eigenvalue weighted by molar-refractivity contribution is -0.122. The van der Waals surface area contributed by atoms with Crippen molar-refractivity contribution in [3.8, 4) is 12.1 Å². The van der Waals surface area contributed by atoms with Gasteiger partial charge >= 0.3 is 0 Å². The van der Waals surface area contributed by atoms with E-state index in [1.54, 1.807) is 25.1 Å². The van der Waals surface area contributed by atoms with Crippen LogP contribution >= 0.6 is 23.2 Å². The highest BCUT2D eigenvalue weighted by Crippen LogP contribution is 2.37. The van der Waals surface area contributed by atoms with E-state index in [1.807, 2.05) is 12.1 Å². The Balaban J connectivity index is 2.54. The SMILES string of the molecule is CC1=NNC(=O)[C@@H]1[C@H](c1ccc(Cl)c(Cl)c1)C(C#N)C#N. The lowest BCUT2D eigenvalue weighted by atomic mass is 9.76. The molecular weight excluding hydrogens is 311 g/mol. The molecule has 0 fully saturated rings. The standard InChI is InChI=1S/C14H10Cl2N4O/c1-7-12(14(21)20-19-7)13(9(5-17)6-18)8-2-3-10(15)11(16)4-8/h2-4,9,12-13H,1H3,(H,20,21)/t12-,13+/m0/s1. The summed E-state index contributed by atoms with van der Waals surface area (Å²) in [6, 6.07) is 8.69. The van der Waals surface area contributed by atoms with E-state index in [9.17, 15) is 15.3 Å². The molecule has 1 heterocycles. The lowest BCUT2D eigenvalue weighted by Crippen LogP contribution is -2.32. The third kappa shape index (κ3) is 2.85. The van der Waals surface area contributed by atoms with Crippen molar-refractivity contribution in [2.45, 2.75) is 12.8 Å². The van der Waals surface area contributed by atoms with Crippen LogP contribution in [0.25, 0.3) is 0 Å². The van der Waals surface area contributed by atoms with Crippen molar-refractivity contribution >= 4 is 34.8 Å². The Morgan fingerprint density at radius 3 is 2.43 bits per heavy atom. The molecule has 2 rings (SSSR count). The van der Waals surface area contributed by atoms with Crippen LogP contribution in [0.2, 0.25) is 10.0 Å². The minimum atomic E-state index is -0.999. The molecule has 1 aliphatic rings. The van der Waals surface area contributed by atoms with Crippen LogP contribution in [0.3, 0.4) is 0 Å². The van der Waals surface area contributed by atoms with Crippen molar-refractivity contribution < 1.29 is 4.79 Å². The fraction of sp³-hybridized carbons (Fsp3) is 0.286. The van der Waals surface area contributed by atoms with Crippen LogP contribution < -0.4 is 5.43 Å². The first-order valence-electron chi connectivity index (χ1n) is 6.07. The number of hydrazone groups is 1. The molecule has 0 spiro atoms. The summed E-state index contributed by atoms with van der Waals surface area (Å²) in [4.78, 5) is 12.0. The molecule has 1 N–H and O–H groups in total. The largest absolute Gasteiger partial charge is 0.272 e. The van der Waals surface area contributed by atoms with E-state index in [1.165, 1.54) is 0 Å². The third-order valence-electron chi connectivity index (χ3n) is 3.40. The van der Waals surface area contributed by atoms with Gasteiger partial charge in [-0.1, -0.05) is 29.3 Å². The monoisotopic (exact) mass is 320 g/mol. The second-order valence-electron chi connectivity index (χ2n) is 4.64. The molecule has 2 atom stereocenters. The van der Waals surface area contributed by atoms with E-state index in [4.69, 9.17) is 23.2 Å². The Bertz CT molecular complexity index is 688. The normalized spacial score (nSPS) is 18.7. The number of hydrogen-bond acceptors (Lipinski definition) is 4. The van der Waals surface area contributed by atoms with Crippen molar-refractivity contribution in [1.82, 2.24) is 5.43 Å². The Hall–Kier alpha value is -2.08. The maximum Gasteiger partial charge on any atom is 0.249 e. The summed E-state index contributed by atoms with van der Waals surface area (Å²) >= 11 is 11.9. The van der Waals surface area contributed by atoms with E-state index >= 15 is 0 Å². The van der Waals surface area contributed by atoms with E-state index in [-0.39, 0.29) is 5.91 Å². The first-order valence-corrected chi connectivity index (χ1v) is 6.83. The highest BCUT2D eigenvalue weighted by molar-refractivity contribution is 6.42. The lowest BCUT2D eigenvalue weighted by Gasteiger charge is -2.23. The summed E-state index contributed by atoms with van der Waals surface area (Å²) in [6.07, 6.45) is 0. The van der Waals surface area contributed by atoms with Gasteiger partial charge in [0.05, 0.1) is 28.1 Å². The van der Waals surface area contributed by atoms with Crippen LogP contribution in [0.1, 0.15) is 18.4 Å². The molecule has 0 unspecified atom stereocenters. The molecule has 1 aliphatic heterocycles. The van der Waals surface area contributed by atoms with Crippen LogP contribution in [0, 0.1) is 34.5 Å². The molecule has 0 aromatic heterocycles. The molecule has 0 radical (unpaired) electrons. The number of carbonyl (C=O) groups is 1. The quantitative estimate of drug-likeness (QED) is 0.928. The van der Waals surface area contributed by atoms with E-state index in [0.717, 1.165) is 0 Å². The van der Waals surface area contributed by atoms with Gasteiger partial charge in [-0.2, -0.15) is 15.6 Å². The number of nitrogens with one attached hydrogen (secondary N) is 1. The maximum atomic E-state index is 12.0. The van der Waals surface area contributed by atoms with E-state index in [0.29, 0.717) is 21.3 Å². The average Bonchev–Trinajstić information content (AvgIpc) is 2.79. The molecule has 106 valence electrons. The summed E-state index contributed by atoms with van der Waals surface area (Å²) in [7, 11) is 0. The van der Waals surface area contributed by atoms with Crippen LogP contribution in [0.15, 0.2) is 23.3 Å². The zero-order valence-corrected chi connectivity index (χ0v) is 12.5. The minimum Gasteiger partial charge on any atom is -0.272 e. The van der Waals surface area contributed by atoms with Crippen LogP contribution in [-0.2, 0) is 4.79 Å². The minimum absolute atomic E-state index is 0.307. The average molecular weight is 321 g/mol. The zero-order chi connectivity index (χ0) is 15.6. The van der Waals surface area contributed by atoms with Gasteiger partial charge in [-0.3, -0.25) is 4.79 Å². The fourth-order valence-corrected chi connectivity index (χ4v) is 2.69. The van der Waals surface area contributed by atoms with Gasteiger partial charge in [0.1, 0.15) is 5.92 Å². The highest BCUT2D eigenvalue weighted by Gasteiger charge is 2.40. The number of amides is 1. The topological polar surface area (TPSA) is 89.0 Å². The predicted molar refractivity (Wildman–Crippen MR) is 78.7 cm³/mol. The van der Waals surface area contributed by atoms with Crippen LogP contribution in [0.4, 0.5) is 0 Å². The van der Waals surface area contributed by atoms with E-state index < -0.39 is 17.8 Å². The highest BCUT2D eigenvalue weighted by atomic mass is 35.5. The van der Waals surface area contributed by atoms with Crippen molar-refractivity contribution in [3.05, 3.63) is 33.8 Å². The summed E-state index contributed by atoms with van der Waals surface area (Å²) in [6.45, 7) is 1.68.